The summed E-state index contributed by atoms with van der Waals surface area (Å²) in [5, 5.41) is 1.47. The number of allylic oxidation sites excluding steroid dienone is 1. The predicted molar refractivity (Wildman–Crippen MR) is 122 cm³/mol. The fraction of sp³-hybridized carbons (Fsp3) is 0.269. The lowest BCUT2D eigenvalue weighted by atomic mass is 9.96. The van der Waals surface area contributed by atoms with Crippen LogP contribution in [-0.2, 0) is 16.0 Å². The first-order valence-electron chi connectivity index (χ1n) is 10.7. The van der Waals surface area contributed by atoms with Gasteiger partial charge in [0.15, 0.2) is 11.9 Å². The van der Waals surface area contributed by atoms with E-state index in [0.717, 1.165) is 59.0 Å². The summed E-state index contributed by atoms with van der Waals surface area (Å²) < 4.78 is 5.74. The quantitative estimate of drug-likeness (QED) is 0.474. The molecule has 0 bridgehead atoms. The van der Waals surface area contributed by atoms with Crippen LogP contribution in [-0.4, -0.2) is 22.8 Å². The average molecular weight is 432 g/mol. The first-order valence-corrected chi connectivity index (χ1v) is 11.1. The highest BCUT2D eigenvalue weighted by molar-refractivity contribution is 6.30. The number of para-hydroxylation sites is 1. The molecular weight excluding hydrogens is 410 g/mol. The van der Waals surface area contributed by atoms with Crippen LogP contribution in [0.3, 0.4) is 0 Å². The van der Waals surface area contributed by atoms with E-state index >= 15 is 0 Å². The molecule has 1 aromatic heterocycles. The molecule has 1 saturated carbocycles. The number of Topliss-reactive ketones (excluding diaryl/α,β-unsaturated/α-hetero) is 1. The SMILES string of the molecule is O=C(OC1CCCCC1=O)c1c2c(nc3ccccc13)/C(=C/c1ccc(Cl)cc1)CC2. The maximum Gasteiger partial charge on any atom is 0.339 e. The molecule has 2 aliphatic rings. The molecule has 5 rings (SSSR count). The minimum atomic E-state index is -0.630. The van der Waals surface area contributed by atoms with Gasteiger partial charge in [0, 0.05) is 16.8 Å². The third-order valence-corrected chi connectivity index (χ3v) is 6.36. The zero-order chi connectivity index (χ0) is 21.4. The highest BCUT2D eigenvalue weighted by Gasteiger charge is 2.31. The number of rotatable bonds is 3. The van der Waals surface area contributed by atoms with Crippen molar-refractivity contribution in [2.24, 2.45) is 0 Å². The lowest BCUT2D eigenvalue weighted by Gasteiger charge is -2.21. The third-order valence-electron chi connectivity index (χ3n) is 6.10. The summed E-state index contributed by atoms with van der Waals surface area (Å²) in [7, 11) is 0. The number of ketones is 1. The number of hydrogen-bond donors (Lipinski definition) is 0. The lowest BCUT2D eigenvalue weighted by molar-refractivity contribution is -0.129. The minimum absolute atomic E-state index is 0.0259. The van der Waals surface area contributed by atoms with Crippen molar-refractivity contribution in [2.75, 3.05) is 0 Å². The number of halogens is 1. The van der Waals surface area contributed by atoms with E-state index in [4.69, 9.17) is 21.3 Å². The van der Waals surface area contributed by atoms with Gasteiger partial charge in [0.25, 0.3) is 0 Å². The number of nitrogens with zero attached hydrogens (tertiary/aromatic N) is 1. The largest absolute Gasteiger partial charge is 0.451 e. The number of aromatic nitrogens is 1. The summed E-state index contributed by atoms with van der Waals surface area (Å²) in [5.74, 6) is -0.388. The molecule has 0 amide bonds. The number of ether oxygens (including phenoxy) is 1. The highest BCUT2D eigenvalue weighted by Crippen LogP contribution is 2.38. The van der Waals surface area contributed by atoms with Crippen LogP contribution >= 0.6 is 11.6 Å². The Bertz CT molecular complexity index is 1210. The fourth-order valence-corrected chi connectivity index (χ4v) is 4.66. The molecule has 156 valence electrons. The summed E-state index contributed by atoms with van der Waals surface area (Å²) in [5.41, 5.74) is 5.19. The van der Waals surface area contributed by atoms with E-state index in [1.165, 1.54) is 0 Å². The number of carbonyl (C=O) groups is 2. The Morgan fingerprint density at radius 1 is 1.03 bits per heavy atom. The molecule has 0 N–H and O–H groups in total. The van der Waals surface area contributed by atoms with Gasteiger partial charge in [-0.3, -0.25) is 4.79 Å². The Balaban J connectivity index is 1.58. The van der Waals surface area contributed by atoms with Gasteiger partial charge in [0.2, 0.25) is 0 Å². The smallest absolute Gasteiger partial charge is 0.339 e. The molecule has 0 spiro atoms. The second-order valence-corrected chi connectivity index (χ2v) is 8.59. The molecule has 4 nitrogen and oxygen atoms in total. The molecule has 1 unspecified atom stereocenters. The van der Waals surface area contributed by atoms with Crippen molar-refractivity contribution in [3.05, 3.63) is 75.9 Å². The number of pyridine rings is 1. The van der Waals surface area contributed by atoms with Gasteiger partial charge in [0.1, 0.15) is 0 Å². The monoisotopic (exact) mass is 431 g/mol. The Labute approximate surface area is 185 Å². The normalized spacial score (nSPS) is 19.6. The van der Waals surface area contributed by atoms with Crippen molar-refractivity contribution in [1.29, 1.82) is 0 Å². The van der Waals surface area contributed by atoms with Crippen molar-refractivity contribution >= 4 is 45.9 Å². The summed E-state index contributed by atoms with van der Waals surface area (Å²) in [6.45, 7) is 0. The van der Waals surface area contributed by atoms with Gasteiger partial charge in [-0.1, -0.05) is 41.9 Å². The molecule has 5 heteroatoms. The van der Waals surface area contributed by atoms with Crippen LogP contribution in [0.5, 0.6) is 0 Å². The number of benzene rings is 2. The van der Waals surface area contributed by atoms with Gasteiger partial charge in [-0.05, 0) is 73.1 Å². The molecule has 3 aromatic rings. The van der Waals surface area contributed by atoms with Gasteiger partial charge in [-0.15, -0.1) is 0 Å². The summed E-state index contributed by atoms with van der Waals surface area (Å²) in [6.07, 6.45) is 5.86. The summed E-state index contributed by atoms with van der Waals surface area (Å²) in [4.78, 5) is 30.4. The maximum absolute atomic E-state index is 13.3. The minimum Gasteiger partial charge on any atom is -0.451 e. The first-order chi connectivity index (χ1) is 15.1. The molecule has 0 saturated heterocycles. The van der Waals surface area contributed by atoms with Crippen LogP contribution in [0, 0.1) is 0 Å². The molecule has 2 aliphatic carbocycles. The molecule has 1 fully saturated rings. The second-order valence-electron chi connectivity index (χ2n) is 8.16. The first kappa shape index (κ1) is 20.0. The molecule has 1 heterocycles. The molecule has 2 aromatic carbocycles. The zero-order valence-corrected chi connectivity index (χ0v) is 17.8. The van der Waals surface area contributed by atoms with E-state index in [1.54, 1.807) is 0 Å². The van der Waals surface area contributed by atoms with Crippen LogP contribution in [0.2, 0.25) is 5.02 Å². The Morgan fingerprint density at radius 3 is 2.65 bits per heavy atom. The van der Waals surface area contributed by atoms with Crippen molar-refractivity contribution in [3.8, 4) is 0 Å². The van der Waals surface area contributed by atoms with Gasteiger partial charge in [-0.25, -0.2) is 9.78 Å². The van der Waals surface area contributed by atoms with Crippen LogP contribution in [0.4, 0.5) is 0 Å². The van der Waals surface area contributed by atoms with Crippen molar-refractivity contribution in [1.82, 2.24) is 4.98 Å². The standard InChI is InChI=1S/C26H22ClNO3/c27-18-12-9-16(10-13-18)15-17-11-14-20-24(19-5-1-2-6-21(19)28-25(17)20)26(30)31-23-8-4-3-7-22(23)29/h1-2,5-6,9-10,12-13,15,23H,3-4,7-8,11,14H2/b17-15+. The number of hydrogen-bond acceptors (Lipinski definition) is 4. The molecule has 31 heavy (non-hydrogen) atoms. The molecule has 0 aliphatic heterocycles. The summed E-state index contributed by atoms with van der Waals surface area (Å²) in [6, 6.07) is 15.3. The van der Waals surface area contributed by atoms with Gasteiger partial charge >= 0.3 is 5.97 Å². The fourth-order valence-electron chi connectivity index (χ4n) is 4.54. The van der Waals surface area contributed by atoms with E-state index in [0.29, 0.717) is 23.4 Å². The Kier molecular flexibility index (Phi) is 5.33. The topological polar surface area (TPSA) is 56.3 Å². The zero-order valence-electron chi connectivity index (χ0n) is 17.1. The van der Waals surface area contributed by atoms with Crippen molar-refractivity contribution < 1.29 is 14.3 Å². The van der Waals surface area contributed by atoms with Gasteiger partial charge in [0.05, 0.1) is 16.8 Å². The van der Waals surface area contributed by atoms with Crippen LogP contribution in [0.15, 0.2) is 48.5 Å². The molecular formula is C26H22ClNO3. The summed E-state index contributed by atoms with van der Waals surface area (Å²) >= 11 is 6.01. The van der Waals surface area contributed by atoms with Gasteiger partial charge < -0.3 is 4.74 Å². The predicted octanol–water partition coefficient (Wildman–Crippen LogP) is 6.04. The van der Waals surface area contributed by atoms with E-state index in [-0.39, 0.29) is 5.78 Å². The maximum atomic E-state index is 13.3. The average Bonchev–Trinajstić information content (AvgIpc) is 3.17. The van der Waals surface area contributed by atoms with Crippen molar-refractivity contribution in [2.45, 2.75) is 44.6 Å². The van der Waals surface area contributed by atoms with E-state index in [2.05, 4.69) is 6.08 Å². The number of fused-ring (bicyclic) bond motifs is 2. The Morgan fingerprint density at radius 2 is 1.84 bits per heavy atom. The number of carbonyl (C=O) groups excluding carboxylic acids is 2. The number of esters is 1. The highest BCUT2D eigenvalue weighted by atomic mass is 35.5. The lowest BCUT2D eigenvalue weighted by Crippen LogP contribution is -2.30. The van der Waals surface area contributed by atoms with Crippen LogP contribution in [0.1, 0.15) is 59.3 Å². The van der Waals surface area contributed by atoms with Crippen LogP contribution in [0.25, 0.3) is 22.6 Å². The van der Waals surface area contributed by atoms with Crippen molar-refractivity contribution in [3.63, 3.8) is 0 Å². The van der Waals surface area contributed by atoms with Crippen LogP contribution < -0.4 is 0 Å². The van der Waals surface area contributed by atoms with E-state index < -0.39 is 12.1 Å². The van der Waals surface area contributed by atoms with Gasteiger partial charge in [-0.2, -0.15) is 0 Å². The Hall–Kier alpha value is -2.98. The molecule has 1 atom stereocenters. The van der Waals surface area contributed by atoms with E-state index in [9.17, 15) is 9.59 Å². The van der Waals surface area contributed by atoms with E-state index in [1.807, 2.05) is 48.5 Å². The second kappa shape index (κ2) is 8.27. The molecule has 0 radical (unpaired) electrons. The third kappa shape index (κ3) is 3.88.